The van der Waals surface area contributed by atoms with Crippen LogP contribution in [0.4, 0.5) is 0 Å². The number of rotatable bonds is 13. The second-order valence-corrected chi connectivity index (χ2v) is 11.9. The van der Waals surface area contributed by atoms with Crippen molar-refractivity contribution in [2.75, 3.05) is 7.11 Å². The summed E-state index contributed by atoms with van der Waals surface area (Å²) >= 11 is 0. The molecule has 1 aromatic carbocycles. The van der Waals surface area contributed by atoms with Crippen molar-refractivity contribution in [3.05, 3.63) is 47.5 Å². The lowest BCUT2D eigenvalue weighted by Gasteiger charge is -2.34. The maximum absolute atomic E-state index is 12.6. The van der Waals surface area contributed by atoms with Gasteiger partial charge in [0.15, 0.2) is 8.32 Å². The predicted octanol–water partition coefficient (Wildman–Crippen LogP) is 6.82. The van der Waals surface area contributed by atoms with Crippen molar-refractivity contribution in [3.63, 3.8) is 0 Å². The average molecular weight is 391 g/mol. The van der Waals surface area contributed by atoms with Gasteiger partial charge in [-0.15, -0.1) is 0 Å². The molecule has 1 rings (SSSR count). The number of allylic oxidation sites excluding steroid dienone is 1. The summed E-state index contributed by atoms with van der Waals surface area (Å²) in [5.74, 6) is -0.273. The van der Waals surface area contributed by atoms with E-state index in [1.165, 1.54) is 26.4 Å². The van der Waals surface area contributed by atoms with Crippen molar-refractivity contribution in [1.29, 1.82) is 0 Å². The summed E-state index contributed by atoms with van der Waals surface area (Å²) in [4.78, 5) is 12.6. The van der Waals surface area contributed by atoms with Crippen LogP contribution in [-0.4, -0.2) is 21.4 Å². The van der Waals surface area contributed by atoms with Gasteiger partial charge < -0.3 is 9.16 Å². The van der Waals surface area contributed by atoms with E-state index in [1.54, 1.807) is 0 Å². The summed E-state index contributed by atoms with van der Waals surface area (Å²) in [6.45, 7) is 8.86. The van der Waals surface area contributed by atoms with E-state index in [-0.39, 0.29) is 12.1 Å². The van der Waals surface area contributed by atoms with Gasteiger partial charge in [-0.3, -0.25) is 0 Å². The quantitative estimate of drug-likeness (QED) is 0.160. The van der Waals surface area contributed by atoms with E-state index in [4.69, 9.17) is 9.16 Å². The maximum Gasteiger partial charge on any atom is 0.336 e. The van der Waals surface area contributed by atoms with Crippen molar-refractivity contribution in [3.8, 4) is 0 Å². The molecule has 0 aromatic heterocycles. The molecule has 27 heavy (non-hydrogen) atoms. The van der Waals surface area contributed by atoms with Crippen LogP contribution in [0.5, 0.6) is 0 Å². The molecule has 0 spiro atoms. The molecule has 4 heteroatoms. The first-order valence-corrected chi connectivity index (χ1v) is 13.1. The van der Waals surface area contributed by atoms with Crippen LogP contribution < -0.4 is 0 Å². The summed E-state index contributed by atoms with van der Waals surface area (Å²) in [6, 6.07) is 13.3. The second-order valence-electron chi connectivity index (χ2n) is 7.15. The van der Waals surface area contributed by atoms with Crippen LogP contribution >= 0.6 is 0 Å². The molecule has 0 aliphatic heterocycles. The largest absolute Gasteiger partial charge is 0.466 e. The first-order valence-electron chi connectivity index (χ1n) is 10.6. The Morgan fingerprint density at radius 2 is 1.63 bits per heavy atom. The third-order valence-corrected chi connectivity index (χ3v) is 10.1. The van der Waals surface area contributed by atoms with Crippen LogP contribution in [-0.2, 0) is 14.0 Å². The van der Waals surface area contributed by atoms with Crippen molar-refractivity contribution >= 4 is 14.3 Å². The van der Waals surface area contributed by atoms with Gasteiger partial charge in [-0.05, 0) is 36.5 Å². The summed E-state index contributed by atoms with van der Waals surface area (Å²) in [5.41, 5.74) is 1.70. The molecule has 0 amide bonds. The molecular weight excluding hydrogens is 352 g/mol. The number of benzene rings is 1. The maximum atomic E-state index is 12.6. The molecule has 0 aliphatic rings. The lowest BCUT2D eigenvalue weighted by molar-refractivity contribution is -0.137. The third kappa shape index (κ3) is 7.26. The number of hydrogen-bond acceptors (Lipinski definition) is 3. The molecule has 152 valence electrons. The first kappa shape index (κ1) is 23.6. The van der Waals surface area contributed by atoms with Crippen LogP contribution in [0.2, 0.25) is 18.1 Å². The molecule has 0 fully saturated rings. The van der Waals surface area contributed by atoms with Crippen LogP contribution in [0.15, 0.2) is 42.0 Å². The topological polar surface area (TPSA) is 35.5 Å². The van der Waals surface area contributed by atoms with E-state index in [0.717, 1.165) is 36.5 Å². The molecule has 1 atom stereocenters. The second kappa shape index (κ2) is 12.9. The Kier molecular flexibility index (Phi) is 11.3. The van der Waals surface area contributed by atoms with Gasteiger partial charge in [-0.2, -0.15) is 0 Å². The van der Waals surface area contributed by atoms with E-state index in [1.807, 2.05) is 18.2 Å². The van der Waals surface area contributed by atoms with Crippen molar-refractivity contribution in [2.45, 2.75) is 84.0 Å². The highest BCUT2D eigenvalue weighted by Gasteiger charge is 2.35. The van der Waals surface area contributed by atoms with Crippen molar-refractivity contribution in [2.24, 2.45) is 0 Å². The molecule has 1 unspecified atom stereocenters. The Hall–Kier alpha value is -1.39. The number of methoxy groups -OCH3 is 1. The van der Waals surface area contributed by atoms with Crippen molar-refractivity contribution in [1.82, 2.24) is 0 Å². The highest BCUT2D eigenvalue weighted by Crippen LogP contribution is 2.35. The lowest BCUT2D eigenvalue weighted by atomic mass is 10.00. The normalized spacial score (nSPS) is 13.4. The molecule has 0 saturated carbocycles. The summed E-state index contributed by atoms with van der Waals surface area (Å²) in [5, 5.41) is 0. The SMILES string of the molecule is CCCCCC/C=C(\C(=O)OC)C(O[Si](CC)(CC)CC)c1ccccc1. The molecule has 0 aliphatic carbocycles. The van der Waals surface area contributed by atoms with Gasteiger partial charge >= 0.3 is 5.97 Å². The molecule has 0 N–H and O–H groups in total. The van der Waals surface area contributed by atoms with E-state index in [9.17, 15) is 4.79 Å². The minimum Gasteiger partial charge on any atom is -0.466 e. The molecule has 0 saturated heterocycles. The molecule has 0 bridgehead atoms. The third-order valence-electron chi connectivity index (χ3n) is 5.53. The first-order chi connectivity index (χ1) is 13.1. The predicted molar refractivity (Wildman–Crippen MR) is 116 cm³/mol. The molecule has 0 radical (unpaired) electrons. The van der Waals surface area contributed by atoms with Gasteiger partial charge in [-0.1, -0.05) is 83.4 Å². The molecule has 1 aromatic rings. The van der Waals surface area contributed by atoms with Gasteiger partial charge in [-0.25, -0.2) is 4.79 Å². The van der Waals surface area contributed by atoms with Gasteiger partial charge in [0.25, 0.3) is 0 Å². The number of carbonyl (C=O) groups excluding carboxylic acids is 1. The molecular formula is C23H38O3Si. The van der Waals surface area contributed by atoms with Crippen LogP contribution in [0, 0.1) is 0 Å². The monoisotopic (exact) mass is 390 g/mol. The summed E-state index contributed by atoms with van der Waals surface area (Å²) in [7, 11) is -0.436. The van der Waals surface area contributed by atoms with Gasteiger partial charge in [0.2, 0.25) is 0 Å². The van der Waals surface area contributed by atoms with E-state index < -0.39 is 8.32 Å². The zero-order valence-electron chi connectivity index (χ0n) is 17.9. The Balaban J connectivity index is 3.21. The fourth-order valence-electron chi connectivity index (χ4n) is 3.43. The number of carbonyl (C=O) groups is 1. The zero-order chi connectivity index (χ0) is 20.1. The van der Waals surface area contributed by atoms with Crippen LogP contribution in [0.25, 0.3) is 0 Å². The fourth-order valence-corrected chi connectivity index (χ4v) is 6.20. The van der Waals surface area contributed by atoms with Crippen LogP contribution in [0.3, 0.4) is 0 Å². The standard InChI is InChI=1S/C23H38O3Si/c1-6-10-11-12-16-19-21(23(24)25-5)22(20-17-14-13-15-18-20)26-27(7-2,8-3)9-4/h13-15,17-19,22H,6-12,16H2,1-5H3/b21-19-. The zero-order valence-corrected chi connectivity index (χ0v) is 18.9. The highest BCUT2D eigenvalue weighted by atomic mass is 28.4. The molecule has 3 nitrogen and oxygen atoms in total. The minimum atomic E-state index is -1.89. The summed E-state index contributed by atoms with van der Waals surface area (Å²) < 4.78 is 11.9. The average Bonchev–Trinajstić information content (AvgIpc) is 2.73. The number of ether oxygens (including phenoxy) is 1. The number of unbranched alkanes of at least 4 members (excludes halogenated alkanes) is 4. The van der Waals surface area contributed by atoms with E-state index in [2.05, 4.69) is 45.9 Å². The van der Waals surface area contributed by atoms with Gasteiger partial charge in [0.05, 0.1) is 12.7 Å². The Morgan fingerprint density at radius 1 is 1.00 bits per heavy atom. The fraction of sp³-hybridized carbons (Fsp3) is 0.609. The van der Waals surface area contributed by atoms with Crippen molar-refractivity contribution < 1.29 is 14.0 Å². The Bertz CT molecular complexity index is 556. The summed E-state index contributed by atoms with van der Waals surface area (Å²) in [6.07, 6.45) is 7.33. The number of hydrogen-bond donors (Lipinski definition) is 0. The minimum absolute atomic E-state index is 0.273. The Morgan fingerprint density at radius 3 is 2.15 bits per heavy atom. The number of esters is 1. The Labute approximate surface area is 167 Å². The van der Waals surface area contributed by atoms with Gasteiger partial charge in [0.1, 0.15) is 6.10 Å². The van der Waals surface area contributed by atoms with E-state index >= 15 is 0 Å². The van der Waals surface area contributed by atoms with E-state index in [0.29, 0.717) is 5.57 Å². The van der Waals surface area contributed by atoms with Crippen LogP contribution in [0.1, 0.15) is 71.5 Å². The lowest BCUT2D eigenvalue weighted by Crippen LogP contribution is -2.38. The highest BCUT2D eigenvalue weighted by molar-refractivity contribution is 6.73. The van der Waals surface area contributed by atoms with Gasteiger partial charge in [0, 0.05) is 0 Å². The smallest absolute Gasteiger partial charge is 0.336 e. The molecule has 0 heterocycles.